The van der Waals surface area contributed by atoms with Gasteiger partial charge in [-0.2, -0.15) is 0 Å². The third-order valence-electron chi connectivity index (χ3n) is 14.0. The molecule has 0 bridgehead atoms. The second kappa shape index (κ2) is 20.2. The Kier molecular flexibility index (Phi) is 14.0. The monoisotopic (exact) mass is 1020 g/mol. The van der Waals surface area contributed by atoms with Gasteiger partial charge in [-0.25, -0.2) is 9.83 Å². The van der Waals surface area contributed by atoms with Gasteiger partial charge in [0.15, 0.2) is 12.0 Å². The standard InChI is InChI=1S/C53H43N3O2S.C15H22O2/c1-52(2,3)37-27-36(49(57)44(30-37)53(4,5)6)31-55-45-17-10-8-14-42(45)51-56-48-43(41-16-12-15-40-39-13-9-11-18-46(39)58-50(40)41)28-35(29-47(48)59-51)34-21-19-32(20-22-34)33-23-25-38(54-7)26-24-33;1-14(2,3)11-7-10(9-16)13(17)12(8-11)15(4,5)6/h8-31,57H,1-6H3;7-9,17H,1-6H3. The molecule has 0 saturated heterocycles. The third-order valence-corrected chi connectivity index (χ3v) is 15.0. The van der Waals surface area contributed by atoms with Gasteiger partial charge in [-0.1, -0.05) is 192 Å². The van der Waals surface area contributed by atoms with Gasteiger partial charge in [-0.15, -0.1) is 11.3 Å². The van der Waals surface area contributed by atoms with Crippen molar-refractivity contribution in [3.05, 3.63) is 196 Å². The van der Waals surface area contributed by atoms with Crippen LogP contribution in [0.1, 0.15) is 121 Å². The van der Waals surface area contributed by atoms with Crippen LogP contribution in [0.3, 0.4) is 0 Å². The molecule has 0 amide bonds. The lowest BCUT2D eigenvalue weighted by Crippen LogP contribution is -2.17. The number of carbonyl (C=O) groups excluding carboxylic acids is 1. The Morgan fingerprint density at radius 2 is 1.08 bits per heavy atom. The number of phenols is 2. The molecule has 382 valence electrons. The zero-order valence-electron chi connectivity index (χ0n) is 45.5. The zero-order chi connectivity index (χ0) is 54.5. The number of furan rings is 1. The number of rotatable bonds is 7. The number of aromatic hydroxyl groups is 2. The first-order valence-electron chi connectivity index (χ1n) is 25.7. The molecule has 2 N–H and O–H groups in total. The fraction of sp³-hybridized carbons (Fsp3) is 0.235. The minimum absolute atomic E-state index is 0.0362. The molecule has 10 aromatic rings. The molecule has 0 unspecified atom stereocenters. The van der Waals surface area contributed by atoms with Crippen LogP contribution in [0.5, 0.6) is 11.5 Å². The first-order valence-corrected chi connectivity index (χ1v) is 26.5. The van der Waals surface area contributed by atoms with Crippen molar-refractivity contribution >= 4 is 67.4 Å². The number of aromatic nitrogens is 1. The molecule has 0 radical (unpaired) electrons. The van der Waals surface area contributed by atoms with Gasteiger partial charge in [0, 0.05) is 50.4 Å². The highest BCUT2D eigenvalue weighted by Crippen LogP contribution is 2.45. The normalized spacial score (nSPS) is 12.3. The molecule has 2 heterocycles. The molecule has 0 aliphatic carbocycles. The lowest BCUT2D eigenvalue weighted by molar-refractivity contribution is 0.112. The molecule has 0 spiro atoms. The highest BCUT2D eigenvalue weighted by molar-refractivity contribution is 7.21. The third kappa shape index (κ3) is 10.7. The summed E-state index contributed by atoms with van der Waals surface area (Å²) in [5.74, 6) is 0.371. The number of thiazole rings is 1. The Hall–Kier alpha value is -8.12. The molecular weight excluding hydrogens is 955 g/mol. The SMILES string of the molecule is CC(C)(C)c1cc(C=O)c(O)c(C(C)(C)C)c1.[C-]#[N+]c1ccc(-c2ccc(-c3cc(-c4cccc5c4oc4ccccc45)c4nc(-c5ccccc5N=Cc5cc(C(C)(C)C)cc(C(C)(C)C)c5O)sc4c3)cc2)cc1. The smallest absolute Gasteiger partial charge is 0.187 e. The molecule has 0 aliphatic rings. The predicted octanol–water partition coefficient (Wildman–Crippen LogP) is 19.3. The predicted molar refractivity (Wildman–Crippen MR) is 319 cm³/mol. The summed E-state index contributed by atoms with van der Waals surface area (Å²) < 4.78 is 7.63. The van der Waals surface area contributed by atoms with Crippen LogP contribution in [-0.2, 0) is 21.7 Å². The lowest BCUT2D eigenvalue weighted by atomic mass is 9.79. The fourth-order valence-corrected chi connectivity index (χ4v) is 10.5. The summed E-state index contributed by atoms with van der Waals surface area (Å²) >= 11 is 1.64. The van der Waals surface area contributed by atoms with E-state index in [9.17, 15) is 15.0 Å². The zero-order valence-corrected chi connectivity index (χ0v) is 46.4. The average molecular weight is 1020 g/mol. The Morgan fingerprint density at radius 3 is 1.67 bits per heavy atom. The van der Waals surface area contributed by atoms with Crippen LogP contribution in [0.15, 0.2) is 161 Å². The molecule has 76 heavy (non-hydrogen) atoms. The molecule has 0 fully saturated rings. The number of hydrogen-bond donors (Lipinski definition) is 2. The van der Waals surface area contributed by atoms with Gasteiger partial charge in [-0.05, 0) is 97.5 Å². The van der Waals surface area contributed by atoms with Gasteiger partial charge < -0.3 is 14.6 Å². The van der Waals surface area contributed by atoms with Crippen molar-refractivity contribution in [3.63, 3.8) is 0 Å². The van der Waals surface area contributed by atoms with E-state index in [-0.39, 0.29) is 33.2 Å². The van der Waals surface area contributed by atoms with Crippen molar-refractivity contribution in [1.82, 2.24) is 4.98 Å². The second-order valence-corrected chi connectivity index (χ2v) is 24.8. The Morgan fingerprint density at radius 1 is 0.553 bits per heavy atom. The van der Waals surface area contributed by atoms with Crippen LogP contribution >= 0.6 is 11.3 Å². The number of fused-ring (bicyclic) bond motifs is 4. The largest absolute Gasteiger partial charge is 0.507 e. The summed E-state index contributed by atoms with van der Waals surface area (Å²) in [5.41, 5.74) is 15.6. The summed E-state index contributed by atoms with van der Waals surface area (Å²) in [6.07, 6.45) is 2.51. The molecule has 8 aromatic carbocycles. The van der Waals surface area contributed by atoms with E-state index in [1.807, 2.05) is 87.5 Å². The number of hydrogen-bond acceptors (Lipinski definition) is 7. The van der Waals surface area contributed by atoms with Crippen molar-refractivity contribution in [2.24, 2.45) is 4.99 Å². The molecule has 0 atom stereocenters. The molecule has 0 aliphatic heterocycles. The van der Waals surface area contributed by atoms with Gasteiger partial charge in [0.25, 0.3) is 0 Å². The number of aldehydes is 1. The number of carbonyl (C=O) groups is 1. The number of phenolic OH excluding ortho intramolecular Hbond substituents is 2. The number of nitrogens with zero attached hydrogens (tertiary/aromatic N) is 3. The molecule has 2 aromatic heterocycles. The maximum atomic E-state index is 11.5. The highest BCUT2D eigenvalue weighted by Gasteiger charge is 2.27. The maximum Gasteiger partial charge on any atom is 0.187 e. The van der Waals surface area contributed by atoms with Crippen LogP contribution < -0.4 is 0 Å². The highest BCUT2D eigenvalue weighted by atomic mass is 32.1. The molecule has 10 rings (SSSR count). The Bertz CT molecular complexity index is 3900. The summed E-state index contributed by atoms with van der Waals surface area (Å²) in [6, 6.07) is 51.3. The van der Waals surface area contributed by atoms with E-state index >= 15 is 0 Å². The summed E-state index contributed by atoms with van der Waals surface area (Å²) in [7, 11) is 0. The van der Waals surface area contributed by atoms with Crippen LogP contribution in [0.25, 0.3) is 81.0 Å². The van der Waals surface area contributed by atoms with E-state index < -0.39 is 0 Å². The number of aliphatic imine (C=N–C) groups is 1. The maximum absolute atomic E-state index is 11.5. The topological polar surface area (TPSA) is 100 Å². The number of para-hydroxylation sites is 3. The second-order valence-electron chi connectivity index (χ2n) is 23.7. The fourth-order valence-electron chi connectivity index (χ4n) is 9.48. The van der Waals surface area contributed by atoms with Crippen molar-refractivity contribution in [1.29, 1.82) is 0 Å². The lowest BCUT2D eigenvalue weighted by Gasteiger charge is -2.27. The Balaban J connectivity index is 0.000000355. The minimum atomic E-state index is -0.246. The van der Waals surface area contributed by atoms with Crippen LogP contribution in [0.4, 0.5) is 11.4 Å². The van der Waals surface area contributed by atoms with Crippen molar-refractivity contribution in [2.75, 3.05) is 0 Å². The molecule has 7 nitrogen and oxygen atoms in total. The van der Waals surface area contributed by atoms with Crippen LogP contribution in [-0.4, -0.2) is 27.7 Å². The van der Waals surface area contributed by atoms with Crippen molar-refractivity contribution in [2.45, 2.75) is 105 Å². The van der Waals surface area contributed by atoms with E-state index in [2.05, 4.69) is 146 Å². The number of benzene rings is 8. The van der Waals surface area contributed by atoms with Gasteiger partial charge in [0.1, 0.15) is 27.7 Å². The summed E-state index contributed by atoms with van der Waals surface area (Å²) in [4.78, 5) is 25.0. The average Bonchev–Trinajstić information content (AvgIpc) is 4.00. The Labute approximate surface area is 451 Å². The van der Waals surface area contributed by atoms with E-state index in [0.29, 0.717) is 16.8 Å². The van der Waals surface area contributed by atoms with Gasteiger partial charge >= 0.3 is 0 Å². The van der Waals surface area contributed by atoms with Gasteiger partial charge in [0.05, 0.1) is 28.0 Å². The first-order chi connectivity index (χ1) is 35.9. The minimum Gasteiger partial charge on any atom is -0.507 e. The molecule has 0 saturated carbocycles. The van der Waals surface area contributed by atoms with Crippen LogP contribution in [0, 0.1) is 6.57 Å². The van der Waals surface area contributed by atoms with Crippen LogP contribution in [0.2, 0.25) is 0 Å². The van der Waals surface area contributed by atoms with E-state index in [1.165, 1.54) is 0 Å². The van der Waals surface area contributed by atoms with Gasteiger partial charge in [0.2, 0.25) is 0 Å². The van der Waals surface area contributed by atoms with E-state index in [1.54, 1.807) is 23.6 Å². The first kappa shape index (κ1) is 52.7. The summed E-state index contributed by atoms with van der Waals surface area (Å²) in [5, 5.41) is 24.6. The van der Waals surface area contributed by atoms with Gasteiger partial charge in [-0.3, -0.25) is 9.79 Å². The molecule has 8 heteroatoms. The van der Waals surface area contributed by atoms with Crippen molar-refractivity contribution < 1.29 is 19.4 Å². The van der Waals surface area contributed by atoms with Crippen molar-refractivity contribution in [3.8, 4) is 55.5 Å². The van der Waals surface area contributed by atoms with E-state index in [0.717, 1.165) is 110 Å². The molecular formula is C68H65N3O4S. The summed E-state index contributed by atoms with van der Waals surface area (Å²) in [6.45, 7) is 32.7. The van der Waals surface area contributed by atoms with E-state index in [4.69, 9.17) is 21.0 Å². The quantitative estimate of drug-likeness (QED) is 0.0941.